The first-order valence-corrected chi connectivity index (χ1v) is 4.82. The monoisotopic (exact) mass is 263 g/mol. The van der Waals surface area contributed by atoms with Crippen LogP contribution in [0.15, 0.2) is 0 Å². The van der Waals surface area contributed by atoms with Gasteiger partial charge in [-0.15, -0.1) is 0 Å². The topological polar surface area (TPSA) is 54.7 Å². The molecule has 11 heavy (non-hydrogen) atoms. The van der Waals surface area contributed by atoms with Crippen LogP contribution in [0.25, 0.3) is 0 Å². The van der Waals surface area contributed by atoms with E-state index in [2.05, 4.69) is 32.8 Å². The molecule has 4 heteroatoms. The summed E-state index contributed by atoms with van der Waals surface area (Å²) in [5.74, 6) is 0. The van der Waals surface area contributed by atoms with Gasteiger partial charge in [-0.1, -0.05) is 0 Å². The maximum Gasteiger partial charge on any atom is 0.126 e. The van der Waals surface area contributed by atoms with E-state index >= 15 is 0 Å². The summed E-state index contributed by atoms with van der Waals surface area (Å²) in [4.78, 5) is 0. The Bertz CT molecular complexity index is 269. The number of H-pyrrole nitrogens is 1. The van der Waals surface area contributed by atoms with Gasteiger partial charge < -0.3 is 5.73 Å². The molecule has 1 atom stereocenters. The van der Waals surface area contributed by atoms with Gasteiger partial charge in [0.25, 0.3) is 0 Å². The van der Waals surface area contributed by atoms with E-state index in [4.69, 9.17) is 5.73 Å². The van der Waals surface area contributed by atoms with Crippen molar-refractivity contribution < 1.29 is 0 Å². The predicted molar refractivity (Wildman–Crippen MR) is 51.3 cm³/mol. The van der Waals surface area contributed by atoms with Gasteiger partial charge in [0.05, 0.1) is 0 Å². The Morgan fingerprint density at radius 2 is 2.45 bits per heavy atom. The van der Waals surface area contributed by atoms with Gasteiger partial charge in [-0.05, 0) is 35.4 Å². The maximum atomic E-state index is 5.81. The summed E-state index contributed by atoms with van der Waals surface area (Å²) < 4.78 is 1.12. The standard InChI is InChI=1S/C7H10IN3/c8-7-5-2-1-4(9)3-6(5)10-11-7/h4H,1-3,9H2,(H,10,11). The Kier molecular flexibility index (Phi) is 1.88. The molecule has 0 fully saturated rings. The average molecular weight is 263 g/mol. The Hall–Kier alpha value is -0.100. The Labute approximate surface area is 78.9 Å². The van der Waals surface area contributed by atoms with Crippen LogP contribution in [0.3, 0.4) is 0 Å². The third-order valence-corrected chi connectivity index (χ3v) is 3.03. The van der Waals surface area contributed by atoms with E-state index in [1.54, 1.807) is 0 Å². The first-order valence-electron chi connectivity index (χ1n) is 3.74. The molecule has 2 rings (SSSR count). The van der Waals surface area contributed by atoms with Gasteiger partial charge in [0.15, 0.2) is 0 Å². The van der Waals surface area contributed by atoms with Crippen LogP contribution in [0, 0.1) is 3.70 Å². The van der Waals surface area contributed by atoms with Crippen molar-refractivity contribution in [1.29, 1.82) is 0 Å². The number of aromatic nitrogens is 2. The Morgan fingerprint density at radius 1 is 1.64 bits per heavy atom. The third-order valence-electron chi connectivity index (χ3n) is 2.13. The summed E-state index contributed by atoms with van der Waals surface area (Å²) in [5, 5.41) is 7.16. The lowest BCUT2D eigenvalue weighted by Crippen LogP contribution is -2.27. The van der Waals surface area contributed by atoms with Crippen LogP contribution in [0.5, 0.6) is 0 Å². The third kappa shape index (κ3) is 1.29. The van der Waals surface area contributed by atoms with Gasteiger partial charge >= 0.3 is 0 Å². The molecule has 60 valence electrons. The number of nitrogens with one attached hydrogen (secondary N) is 1. The van der Waals surface area contributed by atoms with Crippen molar-refractivity contribution in [2.45, 2.75) is 25.3 Å². The van der Waals surface area contributed by atoms with E-state index in [0.717, 1.165) is 23.0 Å². The molecule has 0 spiro atoms. The van der Waals surface area contributed by atoms with E-state index in [1.165, 1.54) is 11.3 Å². The lowest BCUT2D eigenvalue weighted by molar-refractivity contribution is 0.569. The molecular weight excluding hydrogens is 253 g/mol. The smallest absolute Gasteiger partial charge is 0.126 e. The normalized spacial score (nSPS) is 23.3. The number of nitrogens with zero attached hydrogens (tertiary/aromatic N) is 1. The van der Waals surface area contributed by atoms with Crippen molar-refractivity contribution in [3.8, 4) is 0 Å². The fourth-order valence-corrected chi connectivity index (χ4v) is 2.21. The number of aromatic amines is 1. The molecule has 1 aromatic rings. The minimum atomic E-state index is 0.332. The van der Waals surface area contributed by atoms with Crippen molar-refractivity contribution in [3.05, 3.63) is 15.0 Å². The minimum Gasteiger partial charge on any atom is -0.327 e. The second kappa shape index (κ2) is 2.75. The van der Waals surface area contributed by atoms with Crippen molar-refractivity contribution in [2.24, 2.45) is 5.73 Å². The van der Waals surface area contributed by atoms with E-state index in [9.17, 15) is 0 Å². The fraction of sp³-hybridized carbons (Fsp3) is 0.571. The van der Waals surface area contributed by atoms with Gasteiger partial charge in [0.2, 0.25) is 0 Å². The highest BCUT2D eigenvalue weighted by molar-refractivity contribution is 14.1. The van der Waals surface area contributed by atoms with Gasteiger partial charge in [-0.2, -0.15) is 5.10 Å². The zero-order valence-corrected chi connectivity index (χ0v) is 8.26. The van der Waals surface area contributed by atoms with E-state index in [1.807, 2.05) is 0 Å². The van der Waals surface area contributed by atoms with Gasteiger partial charge in [0, 0.05) is 23.7 Å². The predicted octanol–water partition coefficient (Wildman–Crippen LogP) is 0.830. The van der Waals surface area contributed by atoms with Gasteiger partial charge in [-0.25, -0.2) is 0 Å². The van der Waals surface area contributed by atoms with Crippen LogP contribution in [0.2, 0.25) is 0 Å². The van der Waals surface area contributed by atoms with Crippen molar-refractivity contribution >= 4 is 22.6 Å². The molecule has 0 radical (unpaired) electrons. The number of fused-ring (bicyclic) bond motifs is 1. The molecule has 0 aromatic carbocycles. The summed E-state index contributed by atoms with van der Waals surface area (Å²) >= 11 is 2.26. The number of halogens is 1. The van der Waals surface area contributed by atoms with Crippen LogP contribution in [0.1, 0.15) is 17.7 Å². The van der Waals surface area contributed by atoms with Crippen LogP contribution in [0.4, 0.5) is 0 Å². The first-order chi connectivity index (χ1) is 5.27. The molecule has 1 aliphatic carbocycles. The largest absolute Gasteiger partial charge is 0.327 e. The maximum absolute atomic E-state index is 5.81. The van der Waals surface area contributed by atoms with Crippen molar-refractivity contribution in [3.63, 3.8) is 0 Å². The second-order valence-electron chi connectivity index (χ2n) is 2.97. The first kappa shape index (κ1) is 7.54. The van der Waals surface area contributed by atoms with Crippen LogP contribution in [-0.4, -0.2) is 16.2 Å². The molecule has 3 N–H and O–H groups in total. The minimum absolute atomic E-state index is 0.332. The van der Waals surface area contributed by atoms with Crippen LogP contribution in [-0.2, 0) is 12.8 Å². The summed E-state index contributed by atoms with van der Waals surface area (Å²) in [6.07, 6.45) is 3.15. The highest BCUT2D eigenvalue weighted by Crippen LogP contribution is 2.22. The van der Waals surface area contributed by atoms with Gasteiger partial charge in [0.1, 0.15) is 3.70 Å². The molecule has 1 aliphatic rings. The van der Waals surface area contributed by atoms with E-state index in [-0.39, 0.29) is 0 Å². The van der Waals surface area contributed by atoms with E-state index < -0.39 is 0 Å². The molecule has 0 saturated carbocycles. The highest BCUT2D eigenvalue weighted by atomic mass is 127. The number of hydrogen-bond donors (Lipinski definition) is 2. The number of rotatable bonds is 0. The molecule has 1 unspecified atom stereocenters. The average Bonchev–Trinajstić information content (AvgIpc) is 2.32. The summed E-state index contributed by atoms with van der Waals surface area (Å²) in [6, 6.07) is 0.332. The molecule has 3 nitrogen and oxygen atoms in total. The second-order valence-corrected chi connectivity index (χ2v) is 4.00. The Balaban J connectivity index is 2.36. The summed E-state index contributed by atoms with van der Waals surface area (Å²) in [7, 11) is 0. The summed E-state index contributed by atoms with van der Waals surface area (Å²) in [5.41, 5.74) is 8.43. The molecular formula is C7H10IN3. The number of nitrogens with two attached hydrogens (primary N) is 1. The zero-order chi connectivity index (χ0) is 7.84. The Morgan fingerprint density at radius 3 is 3.27 bits per heavy atom. The van der Waals surface area contributed by atoms with Crippen LogP contribution < -0.4 is 5.73 Å². The number of hydrogen-bond acceptors (Lipinski definition) is 2. The summed E-state index contributed by atoms with van der Waals surface area (Å²) in [6.45, 7) is 0. The fourth-order valence-electron chi connectivity index (χ4n) is 1.49. The molecule has 0 aliphatic heterocycles. The SMILES string of the molecule is NC1CCc2c(I)n[nH]c2C1. The van der Waals surface area contributed by atoms with Crippen LogP contribution >= 0.6 is 22.6 Å². The molecule has 1 heterocycles. The lowest BCUT2D eigenvalue weighted by atomic mass is 9.95. The van der Waals surface area contributed by atoms with Crippen molar-refractivity contribution in [1.82, 2.24) is 10.2 Å². The molecule has 1 aromatic heterocycles. The quantitative estimate of drug-likeness (QED) is 0.681. The molecule has 0 bridgehead atoms. The van der Waals surface area contributed by atoms with Gasteiger partial charge in [-0.3, -0.25) is 5.10 Å². The lowest BCUT2D eigenvalue weighted by Gasteiger charge is -2.16. The highest BCUT2D eigenvalue weighted by Gasteiger charge is 2.19. The van der Waals surface area contributed by atoms with E-state index in [0.29, 0.717) is 6.04 Å². The zero-order valence-electron chi connectivity index (χ0n) is 6.10. The van der Waals surface area contributed by atoms with Crippen molar-refractivity contribution in [2.75, 3.05) is 0 Å². The molecule has 0 saturated heterocycles. The molecule has 0 amide bonds.